The first kappa shape index (κ1) is 20.4. The molecule has 0 saturated carbocycles. The molecule has 0 spiro atoms. The lowest BCUT2D eigenvalue weighted by molar-refractivity contribution is -0.116. The fourth-order valence-electron chi connectivity index (χ4n) is 3.09. The molecule has 1 N–H and O–H groups in total. The minimum atomic E-state index is -0.720. The van der Waals surface area contributed by atoms with Gasteiger partial charge in [-0.1, -0.05) is 29.8 Å². The smallest absolute Gasteiger partial charge is 0.324 e. The Morgan fingerprint density at radius 1 is 1.03 bits per heavy atom. The minimum Gasteiger partial charge on any atom is -0.324 e. The normalized spacial score (nSPS) is 10.9. The average molecular weight is 440 g/mol. The Hall–Kier alpha value is -3.85. The highest BCUT2D eigenvalue weighted by molar-refractivity contribution is 6.30. The van der Waals surface area contributed by atoms with E-state index in [1.807, 2.05) is 0 Å². The Bertz CT molecular complexity index is 1400. The summed E-state index contributed by atoms with van der Waals surface area (Å²) in [6, 6.07) is 12.0. The van der Waals surface area contributed by atoms with Gasteiger partial charge in [0.25, 0.3) is 5.56 Å². The predicted molar refractivity (Wildman–Crippen MR) is 114 cm³/mol. The Balaban J connectivity index is 1.75. The van der Waals surface area contributed by atoms with E-state index >= 15 is 0 Å². The second-order valence-corrected chi connectivity index (χ2v) is 7.11. The van der Waals surface area contributed by atoms with Crippen molar-refractivity contribution in [3.8, 4) is 0 Å². The molecule has 0 fully saturated rings. The fraction of sp³-hybridized carbons (Fsp3) is 0.0952. The van der Waals surface area contributed by atoms with Crippen LogP contribution in [0.15, 0.2) is 70.5 Å². The quantitative estimate of drug-likeness (QED) is 0.515. The maximum atomic E-state index is 13.4. The molecular formula is C21H15ClFN5O3. The molecule has 2 aromatic heterocycles. The lowest BCUT2D eigenvalue weighted by atomic mass is 10.2. The van der Waals surface area contributed by atoms with Crippen LogP contribution in [0.3, 0.4) is 0 Å². The van der Waals surface area contributed by atoms with Crippen molar-refractivity contribution in [2.24, 2.45) is 0 Å². The number of aromatic nitrogens is 4. The van der Waals surface area contributed by atoms with E-state index in [1.165, 1.54) is 30.6 Å². The highest BCUT2D eigenvalue weighted by Gasteiger charge is 2.17. The molecule has 1 amide bonds. The summed E-state index contributed by atoms with van der Waals surface area (Å²) in [7, 11) is 0. The van der Waals surface area contributed by atoms with Crippen LogP contribution in [0.4, 0.5) is 10.1 Å². The van der Waals surface area contributed by atoms with Gasteiger partial charge in [0.2, 0.25) is 5.91 Å². The third kappa shape index (κ3) is 4.36. The Morgan fingerprint density at radius 3 is 2.52 bits per heavy atom. The molecule has 31 heavy (non-hydrogen) atoms. The number of nitrogens with zero attached hydrogens (tertiary/aromatic N) is 4. The number of fused-ring (bicyclic) bond motifs is 1. The number of amides is 1. The van der Waals surface area contributed by atoms with Crippen molar-refractivity contribution in [2.75, 3.05) is 5.32 Å². The van der Waals surface area contributed by atoms with Gasteiger partial charge in [-0.2, -0.15) is 0 Å². The molecule has 0 saturated heterocycles. The summed E-state index contributed by atoms with van der Waals surface area (Å²) in [5.74, 6) is -1.10. The van der Waals surface area contributed by atoms with Gasteiger partial charge in [0, 0.05) is 23.1 Å². The molecule has 0 radical (unpaired) electrons. The molecule has 2 heterocycles. The van der Waals surface area contributed by atoms with Crippen LogP contribution >= 0.6 is 11.6 Å². The lowest BCUT2D eigenvalue weighted by Gasteiger charge is -2.13. The van der Waals surface area contributed by atoms with Crippen LogP contribution in [-0.4, -0.2) is 25.0 Å². The number of carbonyl (C=O) groups excluding carboxylic acids is 1. The number of hydrogen-bond acceptors (Lipinski definition) is 5. The molecule has 4 rings (SSSR count). The number of halogens is 2. The van der Waals surface area contributed by atoms with Gasteiger partial charge in [0.1, 0.15) is 12.4 Å². The zero-order valence-electron chi connectivity index (χ0n) is 16.0. The molecule has 4 aromatic rings. The van der Waals surface area contributed by atoms with Gasteiger partial charge in [-0.25, -0.2) is 19.2 Å². The van der Waals surface area contributed by atoms with Crippen molar-refractivity contribution in [2.45, 2.75) is 13.1 Å². The minimum absolute atomic E-state index is 0.0146. The number of hydrogen-bond donors (Lipinski definition) is 1. The van der Waals surface area contributed by atoms with Crippen molar-refractivity contribution in [1.82, 2.24) is 19.1 Å². The van der Waals surface area contributed by atoms with E-state index in [4.69, 9.17) is 11.6 Å². The molecule has 0 aliphatic heterocycles. The summed E-state index contributed by atoms with van der Waals surface area (Å²) in [5.41, 5.74) is -0.494. The number of anilines is 1. The van der Waals surface area contributed by atoms with Gasteiger partial charge in [-0.3, -0.25) is 18.7 Å². The fourth-order valence-corrected chi connectivity index (χ4v) is 3.22. The molecule has 0 bridgehead atoms. The Morgan fingerprint density at radius 2 is 1.77 bits per heavy atom. The van der Waals surface area contributed by atoms with Crippen molar-refractivity contribution in [3.05, 3.63) is 98.2 Å². The van der Waals surface area contributed by atoms with Gasteiger partial charge in [-0.15, -0.1) is 0 Å². The molecule has 0 unspecified atom stereocenters. The van der Waals surface area contributed by atoms with Crippen LogP contribution < -0.4 is 16.6 Å². The van der Waals surface area contributed by atoms with Crippen LogP contribution in [0, 0.1) is 5.82 Å². The summed E-state index contributed by atoms with van der Waals surface area (Å²) < 4.78 is 15.4. The maximum Gasteiger partial charge on any atom is 0.333 e. The van der Waals surface area contributed by atoms with Gasteiger partial charge in [0.05, 0.1) is 6.54 Å². The van der Waals surface area contributed by atoms with Crippen molar-refractivity contribution >= 4 is 34.4 Å². The number of nitrogens with one attached hydrogen (secondary N) is 1. The van der Waals surface area contributed by atoms with Crippen LogP contribution in [0.1, 0.15) is 5.56 Å². The molecule has 8 nitrogen and oxygen atoms in total. The van der Waals surface area contributed by atoms with E-state index in [9.17, 15) is 18.8 Å². The van der Waals surface area contributed by atoms with Crippen molar-refractivity contribution in [3.63, 3.8) is 0 Å². The van der Waals surface area contributed by atoms with Crippen LogP contribution in [0.5, 0.6) is 0 Å². The van der Waals surface area contributed by atoms with E-state index in [0.29, 0.717) is 10.6 Å². The number of carbonyl (C=O) groups is 1. The third-order valence-corrected chi connectivity index (χ3v) is 4.76. The van der Waals surface area contributed by atoms with E-state index in [1.54, 1.807) is 24.3 Å². The molecule has 0 aliphatic carbocycles. The zero-order valence-corrected chi connectivity index (χ0v) is 16.7. The molecular weight excluding hydrogens is 425 g/mol. The SMILES string of the molecule is O=C(Cn1c(=O)n(Cc2ccc(Cl)cc2)c(=O)c2nccnc21)Nc1cccc(F)c1. The Kier molecular flexibility index (Phi) is 5.59. The first-order valence-corrected chi connectivity index (χ1v) is 9.54. The summed E-state index contributed by atoms with van der Waals surface area (Å²) in [5, 5.41) is 3.04. The summed E-state index contributed by atoms with van der Waals surface area (Å²) >= 11 is 5.89. The van der Waals surface area contributed by atoms with Crippen molar-refractivity contribution in [1.29, 1.82) is 0 Å². The maximum absolute atomic E-state index is 13.4. The van der Waals surface area contributed by atoms with Gasteiger partial charge >= 0.3 is 5.69 Å². The zero-order chi connectivity index (χ0) is 22.0. The van der Waals surface area contributed by atoms with Crippen LogP contribution in [0.25, 0.3) is 11.2 Å². The van der Waals surface area contributed by atoms with E-state index in [2.05, 4.69) is 15.3 Å². The molecule has 0 atom stereocenters. The lowest BCUT2D eigenvalue weighted by Crippen LogP contribution is -2.42. The highest BCUT2D eigenvalue weighted by atomic mass is 35.5. The topological polar surface area (TPSA) is 98.9 Å². The molecule has 156 valence electrons. The van der Waals surface area contributed by atoms with E-state index < -0.39 is 29.5 Å². The summed E-state index contributed by atoms with van der Waals surface area (Å²) in [4.78, 5) is 46.6. The van der Waals surface area contributed by atoms with Gasteiger partial charge in [-0.05, 0) is 35.9 Å². The monoisotopic (exact) mass is 439 g/mol. The third-order valence-electron chi connectivity index (χ3n) is 4.51. The molecule has 2 aromatic carbocycles. The van der Waals surface area contributed by atoms with Gasteiger partial charge < -0.3 is 5.32 Å². The van der Waals surface area contributed by atoms with Gasteiger partial charge in [0.15, 0.2) is 11.2 Å². The van der Waals surface area contributed by atoms with Crippen LogP contribution in [0.2, 0.25) is 5.02 Å². The number of benzene rings is 2. The van der Waals surface area contributed by atoms with Crippen molar-refractivity contribution < 1.29 is 9.18 Å². The number of rotatable bonds is 5. The summed E-state index contributed by atoms with van der Waals surface area (Å²) in [6.45, 7) is -0.474. The largest absolute Gasteiger partial charge is 0.333 e. The van der Waals surface area contributed by atoms with E-state index in [0.717, 1.165) is 15.2 Å². The standard InChI is InChI=1S/C21H15ClFN5O3/c22-14-6-4-13(5-7-14)11-28-20(30)18-19(25-9-8-24-18)27(21(28)31)12-17(29)26-16-3-1-2-15(23)10-16/h1-10H,11-12H2,(H,26,29). The Labute approximate surface area is 179 Å². The average Bonchev–Trinajstić information content (AvgIpc) is 2.75. The second-order valence-electron chi connectivity index (χ2n) is 6.67. The summed E-state index contributed by atoms with van der Waals surface area (Å²) in [6.07, 6.45) is 2.66. The first-order chi connectivity index (χ1) is 14.9. The predicted octanol–water partition coefficient (Wildman–Crippen LogP) is 2.43. The van der Waals surface area contributed by atoms with Crippen LogP contribution in [-0.2, 0) is 17.9 Å². The first-order valence-electron chi connectivity index (χ1n) is 9.16. The van der Waals surface area contributed by atoms with E-state index in [-0.39, 0.29) is 23.4 Å². The molecule has 10 heteroatoms. The molecule has 0 aliphatic rings. The second kappa shape index (κ2) is 8.49. The highest BCUT2D eigenvalue weighted by Crippen LogP contribution is 2.11.